The molecule has 0 bridgehead atoms. The summed E-state index contributed by atoms with van der Waals surface area (Å²) < 4.78 is 0. The van der Waals surface area contributed by atoms with E-state index in [1.54, 1.807) is 18.3 Å². The van der Waals surface area contributed by atoms with Gasteiger partial charge in [-0.2, -0.15) is 0 Å². The SMILES string of the molecule is CC(Cc1c[nH]c2ccccc12)NCC(O)c1ccc(N)nc1. The number of aromatic amines is 1. The van der Waals surface area contributed by atoms with Crippen LogP contribution in [0.5, 0.6) is 0 Å². The minimum absolute atomic E-state index is 0.255. The summed E-state index contributed by atoms with van der Waals surface area (Å²) >= 11 is 0. The molecule has 3 rings (SSSR count). The molecule has 0 saturated carbocycles. The molecule has 0 aliphatic rings. The maximum absolute atomic E-state index is 10.2. The lowest BCUT2D eigenvalue weighted by atomic mass is 10.1. The number of hydrogen-bond acceptors (Lipinski definition) is 4. The lowest BCUT2D eigenvalue weighted by Gasteiger charge is -2.17. The molecular weight excluding hydrogens is 288 g/mol. The highest BCUT2D eigenvalue weighted by molar-refractivity contribution is 5.83. The second-order valence-corrected chi connectivity index (χ2v) is 5.91. The first-order valence-electron chi connectivity index (χ1n) is 7.81. The summed E-state index contributed by atoms with van der Waals surface area (Å²) in [5, 5.41) is 14.8. The summed E-state index contributed by atoms with van der Waals surface area (Å²) in [5.41, 5.74) is 8.77. The summed E-state index contributed by atoms with van der Waals surface area (Å²) in [7, 11) is 0. The van der Waals surface area contributed by atoms with Gasteiger partial charge in [0.15, 0.2) is 0 Å². The standard InChI is InChI=1S/C18H22N4O/c1-12(8-14-10-21-16-5-3-2-4-15(14)16)20-11-17(23)13-6-7-18(19)22-9-13/h2-7,9-10,12,17,20-21,23H,8,11H2,1H3,(H2,19,22). The Labute approximate surface area is 135 Å². The van der Waals surface area contributed by atoms with Gasteiger partial charge in [-0.25, -0.2) is 4.98 Å². The Morgan fingerprint density at radius 1 is 1.26 bits per heavy atom. The first-order valence-corrected chi connectivity index (χ1v) is 7.81. The van der Waals surface area contributed by atoms with Crippen LogP contribution < -0.4 is 11.1 Å². The highest BCUT2D eigenvalue weighted by Gasteiger charge is 2.12. The molecule has 0 fully saturated rings. The molecule has 0 saturated heterocycles. The van der Waals surface area contributed by atoms with Gasteiger partial charge in [0, 0.05) is 41.4 Å². The molecule has 0 aliphatic carbocycles. The average Bonchev–Trinajstić information content (AvgIpc) is 2.96. The number of H-pyrrole nitrogens is 1. The van der Waals surface area contributed by atoms with Crippen molar-refractivity contribution in [3.8, 4) is 0 Å². The molecule has 5 N–H and O–H groups in total. The number of aliphatic hydroxyl groups is 1. The number of nitrogens with one attached hydrogen (secondary N) is 2. The third kappa shape index (κ3) is 3.70. The second kappa shape index (κ2) is 6.81. The Balaban J connectivity index is 1.57. The molecule has 2 unspecified atom stereocenters. The summed E-state index contributed by atoms with van der Waals surface area (Å²) in [6.07, 6.45) is 3.99. The van der Waals surface area contributed by atoms with Crippen LogP contribution in [-0.4, -0.2) is 27.7 Å². The third-order valence-electron chi connectivity index (χ3n) is 4.05. The molecule has 5 nitrogen and oxygen atoms in total. The quantitative estimate of drug-likeness (QED) is 0.563. The number of fused-ring (bicyclic) bond motifs is 1. The Morgan fingerprint density at radius 2 is 2.09 bits per heavy atom. The van der Waals surface area contributed by atoms with Crippen LogP contribution in [0, 0.1) is 0 Å². The van der Waals surface area contributed by atoms with E-state index in [-0.39, 0.29) is 6.04 Å². The molecule has 120 valence electrons. The van der Waals surface area contributed by atoms with Gasteiger partial charge in [-0.3, -0.25) is 0 Å². The Hall–Kier alpha value is -2.37. The van der Waals surface area contributed by atoms with E-state index < -0.39 is 6.10 Å². The van der Waals surface area contributed by atoms with Gasteiger partial charge in [0.2, 0.25) is 0 Å². The zero-order valence-electron chi connectivity index (χ0n) is 13.2. The van der Waals surface area contributed by atoms with Crippen LogP contribution in [-0.2, 0) is 6.42 Å². The van der Waals surface area contributed by atoms with Crippen molar-refractivity contribution in [1.82, 2.24) is 15.3 Å². The van der Waals surface area contributed by atoms with E-state index in [4.69, 9.17) is 5.73 Å². The van der Waals surface area contributed by atoms with Gasteiger partial charge in [0.25, 0.3) is 0 Å². The molecule has 5 heteroatoms. The van der Waals surface area contributed by atoms with Crippen LogP contribution in [0.2, 0.25) is 0 Å². The number of nitrogen functional groups attached to an aromatic ring is 1. The fraction of sp³-hybridized carbons (Fsp3) is 0.278. The second-order valence-electron chi connectivity index (χ2n) is 5.91. The first kappa shape index (κ1) is 15.5. The maximum atomic E-state index is 10.2. The van der Waals surface area contributed by atoms with Crippen molar-refractivity contribution >= 4 is 16.7 Å². The number of aromatic nitrogens is 2. The summed E-state index contributed by atoms with van der Waals surface area (Å²) in [6.45, 7) is 2.60. The van der Waals surface area contributed by atoms with E-state index in [0.717, 1.165) is 17.5 Å². The van der Waals surface area contributed by atoms with Gasteiger partial charge in [-0.05, 0) is 31.0 Å². The number of pyridine rings is 1. The average molecular weight is 310 g/mol. The third-order valence-corrected chi connectivity index (χ3v) is 4.05. The predicted molar refractivity (Wildman–Crippen MR) is 93.1 cm³/mol. The molecule has 1 aromatic carbocycles. The van der Waals surface area contributed by atoms with Gasteiger partial charge in [0.05, 0.1) is 6.10 Å². The van der Waals surface area contributed by atoms with Crippen molar-refractivity contribution in [2.75, 3.05) is 12.3 Å². The molecule has 3 aromatic rings. The number of rotatable bonds is 6. The maximum Gasteiger partial charge on any atom is 0.123 e. The number of nitrogens with two attached hydrogens (primary N) is 1. The normalized spacial score (nSPS) is 14.0. The Kier molecular flexibility index (Phi) is 4.60. The molecule has 0 aliphatic heterocycles. The van der Waals surface area contributed by atoms with Crippen LogP contribution in [0.4, 0.5) is 5.82 Å². The predicted octanol–water partition coefficient (Wildman–Crippen LogP) is 2.40. The number of aliphatic hydroxyl groups excluding tert-OH is 1. The summed E-state index contributed by atoms with van der Waals surface area (Å²) in [4.78, 5) is 7.30. The van der Waals surface area contributed by atoms with Crippen LogP contribution in [0.3, 0.4) is 0 Å². The van der Waals surface area contributed by atoms with E-state index in [0.29, 0.717) is 12.4 Å². The van der Waals surface area contributed by atoms with Gasteiger partial charge in [-0.1, -0.05) is 24.3 Å². The lowest BCUT2D eigenvalue weighted by molar-refractivity contribution is 0.170. The molecule has 2 atom stereocenters. The van der Waals surface area contributed by atoms with Crippen molar-refractivity contribution in [2.45, 2.75) is 25.5 Å². The highest BCUT2D eigenvalue weighted by Crippen LogP contribution is 2.19. The molecule has 0 spiro atoms. The van der Waals surface area contributed by atoms with Crippen LogP contribution in [0.1, 0.15) is 24.2 Å². The number of para-hydroxylation sites is 1. The van der Waals surface area contributed by atoms with Crippen molar-refractivity contribution in [3.05, 3.63) is 59.9 Å². The monoisotopic (exact) mass is 310 g/mol. The number of benzene rings is 1. The summed E-state index contributed by atoms with van der Waals surface area (Å²) in [6, 6.07) is 12.0. The molecule has 0 amide bonds. The Bertz CT molecular complexity index is 766. The van der Waals surface area contributed by atoms with Gasteiger partial charge in [0.1, 0.15) is 5.82 Å². The van der Waals surface area contributed by atoms with Gasteiger partial charge in [-0.15, -0.1) is 0 Å². The minimum atomic E-state index is -0.589. The lowest BCUT2D eigenvalue weighted by Crippen LogP contribution is -2.32. The van der Waals surface area contributed by atoms with E-state index >= 15 is 0 Å². The number of nitrogens with zero attached hydrogens (tertiary/aromatic N) is 1. The van der Waals surface area contributed by atoms with Crippen molar-refractivity contribution in [3.63, 3.8) is 0 Å². The van der Waals surface area contributed by atoms with E-state index in [1.807, 2.05) is 6.07 Å². The fourth-order valence-electron chi connectivity index (χ4n) is 2.75. The zero-order valence-corrected chi connectivity index (χ0v) is 13.2. The number of anilines is 1. The van der Waals surface area contributed by atoms with E-state index in [1.165, 1.54) is 10.9 Å². The molecule has 23 heavy (non-hydrogen) atoms. The topological polar surface area (TPSA) is 87.0 Å². The van der Waals surface area contributed by atoms with E-state index in [9.17, 15) is 5.11 Å². The molecular formula is C18H22N4O. The first-order chi connectivity index (χ1) is 11.1. The molecule has 2 heterocycles. The minimum Gasteiger partial charge on any atom is -0.387 e. The van der Waals surface area contributed by atoms with Gasteiger partial charge >= 0.3 is 0 Å². The van der Waals surface area contributed by atoms with Crippen molar-refractivity contribution in [1.29, 1.82) is 0 Å². The highest BCUT2D eigenvalue weighted by atomic mass is 16.3. The van der Waals surface area contributed by atoms with Crippen LogP contribution in [0.25, 0.3) is 10.9 Å². The zero-order chi connectivity index (χ0) is 16.2. The van der Waals surface area contributed by atoms with E-state index in [2.05, 4.69) is 46.6 Å². The van der Waals surface area contributed by atoms with Crippen LogP contribution >= 0.6 is 0 Å². The van der Waals surface area contributed by atoms with Gasteiger partial charge < -0.3 is 21.1 Å². The smallest absolute Gasteiger partial charge is 0.123 e. The fourth-order valence-corrected chi connectivity index (χ4v) is 2.75. The summed E-state index contributed by atoms with van der Waals surface area (Å²) in [5.74, 6) is 0.460. The Morgan fingerprint density at radius 3 is 2.87 bits per heavy atom. The van der Waals surface area contributed by atoms with Crippen LogP contribution in [0.15, 0.2) is 48.8 Å². The molecule has 0 radical (unpaired) electrons. The largest absolute Gasteiger partial charge is 0.387 e. The number of hydrogen-bond donors (Lipinski definition) is 4. The van der Waals surface area contributed by atoms with Crippen molar-refractivity contribution < 1.29 is 5.11 Å². The van der Waals surface area contributed by atoms with Crippen molar-refractivity contribution in [2.24, 2.45) is 0 Å². The molecule has 2 aromatic heterocycles.